The van der Waals surface area contributed by atoms with Crippen molar-refractivity contribution in [3.63, 3.8) is 0 Å². The number of rotatable bonds is 7. The summed E-state index contributed by atoms with van der Waals surface area (Å²) in [4.78, 5) is 13.0. The van der Waals surface area contributed by atoms with Crippen molar-refractivity contribution in [2.75, 3.05) is 33.1 Å². The molecule has 0 bridgehead atoms. The first-order valence-electron chi connectivity index (χ1n) is 6.58. The number of carbonyl (C=O) groups is 1. The second-order valence-electron chi connectivity index (χ2n) is 4.51. The molecule has 0 aliphatic carbocycles. The minimum atomic E-state index is -3.81. The summed E-state index contributed by atoms with van der Waals surface area (Å²) < 4.78 is 37.9. The molecule has 0 aromatic heterocycles. The zero-order valence-corrected chi connectivity index (χ0v) is 15.0. The summed E-state index contributed by atoms with van der Waals surface area (Å²) in [6.45, 7) is 0.241. The molecule has 126 valence electrons. The quantitative estimate of drug-likeness (QED) is 0.706. The van der Waals surface area contributed by atoms with Crippen molar-refractivity contribution in [2.24, 2.45) is 0 Å². The number of thioether (sulfide) groups is 1. The molecule has 0 atom stereocenters. The number of nitrogens with one attached hydrogen (secondary N) is 1. The topological polar surface area (TPSA) is 84.9 Å². The lowest BCUT2D eigenvalue weighted by atomic mass is 10.3. The van der Waals surface area contributed by atoms with Gasteiger partial charge in [0.1, 0.15) is 20.7 Å². The Kier molecular flexibility index (Phi) is 5.84. The Balaban J connectivity index is 2.10. The molecule has 0 spiro atoms. The summed E-state index contributed by atoms with van der Waals surface area (Å²) in [6.07, 6.45) is 0. The minimum Gasteiger partial charge on any atom is -0.497 e. The van der Waals surface area contributed by atoms with E-state index in [1.165, 1.54) is 43.0 Å². The van der Waals surface area contributed by atoms with Crippen LogP contribution in [0.4, 0.5) is 0 Å². The fourth-order valence-corrected chi connectivity index (χ4v) is 4.29. The molecule has 1 saturated heterocycles. The molecule has 7 nitrogen and oxygen atoms in total. The lowest BCUT2D eigenvalue weighted by Gasteiger charge is -2.16. The molecule has 2 rings (SSSR count). The maximum absolute atomic E-state index is 12.4. The molecular formula is C13H16N2O5S3. The number of methoxy groups -OCH3 is 2. The Bertz CT molecular complexity index is 704. The Labute approximate surface area is 144 Å². The molecular weight excluding hydrogens is 360 g/mol. The third-order valence-corrected chi connectivity index (χ3v) is 6.04. The molecule has 1 aromatic carbocycles. The van der Waals surface area contributed by atoms with Crippen molar-refractivity contribution in [3.05, 3.63) is 18.2 Å². The van der Waals surface area contributed by atoms with Crippen molar-refractivity contribution in [3.8, 4) is 11.5 Å². The molecule has 0 unspecified atom stereocenters. The third-order valence-electron chi connectivity index (χ3n) is 3.13. The summed E-state index contributed by atoms with van der Waals surface area (Å²) in [5.41, 5.74) is 0. The molecule has 10 heteroatoms. The average Bonchev–Trinajstić information content (AvgIpc) is 2.86. The minimum absolute atomic E-state index is 0.0240. The van der Waals surface area contributed by atoms with Crippen LogP contribution in [0.3, 0.4) is 0 Å². The second-order valence-corrected chi connectivity index (χ2v) is 7.86. The second kappa shape index (κ2) is 7.47. The Morgan fingerprint density at radius 2 is 2.09 bits per heavy atom. The summed E-state index contributed by atoms with van der Waals surface area (Å²) >= 11 is 6.32. The van der Waals surface area contributed by atoms with Gasteiger partial charge in [0.05, 0.1) is 20.0 Å². The average molecular weight is 376 g/mol. The highest BCUT2D eigenvalue weighted by Crippen LogP contribution is 2.28. The van der Waals surface area contributed by atoms with Gasteiger partial charge in [-0.1, -0.05) is 24.0 Å². The Morgan fingerprint density at radius 1 is 1.35 bits per heavy atom. The van der Waals surface area contributed by atoms with Gasteiger partial charge in [-0.05, 0) is 12.1 Å². The van der Waals surface area contributed by atoms with Gasteiger partial charge in [0.2, 0.25) is 15.9 Å². The van der Waals surface area contributed by atoms with E-state index < -0.39 is 10.0 Å². The first-order valence-corrected chi connectivity index (χ1v) is 9.45. The Morgan fingerprint density at radius 3 is 2.65 bits per heavy atom. The van der Waals surface area contributed by atoms with Crippen LogP contribution >= 0.6 is 24.0 Å². The van der Waals surface area contributed by atoms with Gasteiger partial charge in [-0.3, -0.25) is 9.69 Å². The number of nitrogens with zero attached hydrogens (tertiary/aromatic N) is 1. The first kappa shape index (κ1) is 18.0. The van der Waals surface area contributed by atoms with Gasteiger partial charge in [0.25, 0.3) is 0 Å². The van der Waals surface area contributed by atoms with E-state index in [2.05, 4.69) is 4.72 Å². The van der Waals surface area contributed by atoms with E-state index in [0.29, 0.717) is 15.8 Å². The molecule has 1 aliphatic rings. The van der Waals surface area contributed by atoms with E-state index in [0.717, 1.165) is 0 Å². The molecule has 1 amide bonds. The highest BCUT2D eigenvalue weighted by atomic mass is 32.2. The lowest BCUT2D eigenvalue weighted by Crippen LogP contribution is -2.37. The molecule has 1 N–H and O–H groups in total. The molecule has 0 radical (unpaired) electrons. The number of carbonyl (C=O) groups excluding carboxylic acids is 1. The monoisotopic (exact) mass is 376 g/mol. The fraction of sp³-hybridized carbons (Fsp3) is 0.385. The van der Waals surface area contributed by atoms with E-state index in [4.69, 9.17) is 21.7 Å². The lowest BCUT2D eigenvalue weighted by molar-refractivity contribution is -0.123. The van der Waals surface area contributed by atoms with Gasteiger partial charge < -0.3 is 9.47 Å². The van der Waals surface area contributed by atoms with Crippen LogP contribution in [0.2, 0.25) is 0 Å². The fourth-order valence-electron chi connectivity index (χ4n) is 1.96. The third kappa shape index (κ3) is 4.14. The van der Waals surface area contributed by atoms with Gasteiger partial charge in [-0.2, -0.15) is 0 Å². The van der Waals surface area contributed by atoms with Gasteiger partial charge >= 0.3 is 0 Å². The summed E-state index contributed by atoms with van der Waals surface area (Å²) in [5, 5.41) is 0. The zero-order valence-electron chi connectivity index (χ0n) is 12.6. The van der Waals surface area contributed by atoms with Gasteiger partial charge in [-0.25, -0.2) is 13.1 Å². The SMILES string of the molecule is COc1ccc(OC)c(S(=O)(=O)NCCN2C(=O)CSC2=S)c1. The van der Waals surface area contributed by atoms with Crippen LogP contribution in [-0.4, -0.2) is 56.6 Å². The number of ether oxygens (including phenoxy) is 2. The van der Waals surface area contributed by atoms with Crippen molar-refractivity contribution >= 4 is 44.2 Å². The maximum Gasteiger partial charge on any atom is 0.244 e. The van der Waals surface area contributed by atoms with E-state index in [1.54, 1.807) is 6.07 Å². The molecule has 23 heavy (non-hydrogen) atoms. The maximum atomic E-state index is 12.4. The molecule has 1 aliphatic heterocycles. The van der Waals surface area contributed by atoms with E-state index in [-0.39, 0.29) is 29.6 Å². The Hall–Kier alpha value is -1.36. The zero-order chi connectivity index (χ0) is 17.0. The smallest absolute Gasteiger partial charge is 0.244 e. The van der Waals surface area contributed by atoms with Crippen LogP contribution in [0.25, 0.3) is 0 Å². The number of sulfonamides is 1. The highest BCUT2D eigenvalue weighted by Gasteiger charge is 2.27. The van der Waals surface area contributed by atoms with Crippen LogP contribution < -0.4 is 14.2 Å². The molecule has 1 aromatic rings. The number of hydrogen-bond donors (Lipinski definition) is 1. The van der Waals surface area contributed by atoms with Crippen molar-refractivity contribution in [1.29, 1.82) is 0 Å². The van der Waals surface area contributed by atoms with E-state index in [9.17, 15) is 13.2 Å². The van der Waals surface area contributed by atoms with Crippen LogP contribution in [-0.2, 0) is 14.8 Å². The van der Waals surface area contributed by atoms with Crippen molar-refractivity contribution in [1.82, 2.24) is 9.62 Å². The van der Waals surface area contributed by atoms with Crippen molar-refractivity contribution < 1.29 is 22.7 Å². The predicted molar refractivity (Wildman–Crippen MR) is 91.5 cm³/mol. The highest BCUT2D eigenvalue weighted by molar-refractivity contribution is 8.23. The van der Waals surface area contributed by atoms with Crippen LogP contribution in [0.5, 0.6) is 11.5 Å². The number of amides is 1. The van der Waals surface area contributed by atoms with Crippen molar-refractivity contribution in [2.45, 2.75) is 4.90 Å². The van der Waals surface area contributed by atoms with Crippen LogP contribution in [0.1, 0.15) is 0 Å². The van der Waals surface area contributed by atoms with Crippen LogP contribution in [0, 0.1) is 0 Å². The summed E-state index contributed by atoms with van der Waals surface area (Å²) in [7, 11) is -0.969. The van der Waals surface area contributed by atoms with E-state index >= 15 is 0 Å². The standard InChI is InChI=1S/C13H16N2O5S3/c1-19-9-3-4-10(20-2)11(7-9)23(17,18)14-5-6-15-12(16)8-22-13(15)21/h3-4,7,14H,5-6,8H2,1-2H3. The molecule has 1 heterocycles. The van der Waals surface area contributed by atoms with Gasteiger partial charge in [-0.15, -0.1) is 0 Å². The van der Waals surface area contributed by atoms with Gasteiger partial charge in [0, 0.05) is 19.2 Å². The largest absolute Gasteiger partial charge is 0.497 e. The van der Waals surface area contributed by atoms with Gasteiger partial charge in [0.15, 0.2) is 0 Å². The number of thiocarbonyl (C=S) groups is 1. The molecule has 0 saturated carbocycles. The van der Waals surface area contributed by atoms with E-state index in [1.807, 2.05) is 0 Å². The summed E-state index contributed by atoms with van der Waals surface area (Å²) in [6, 6.07) is 4.50. The normalized spacial score (nSPS) is 15.1. The van der Waals surface area contributed by atoms with Crippen LogP contribution in [0.15, 0.2) is 23.1 Å². The predicted octanol–water partition coefficient (Wildman–Crippen LogP) is 0.842. The number of hydrogen-bond acceptors (Lipinski definition) is 7. The first-order chi connectivity index (χ1) is 10.9. The molecule has 1 fully saturated rings. The summed E-state index contributed by atoms with van der Waals surface area (Å²) in [5.74, 6) is 0.799. The number of benzene rings is 1.